The number of carbonyl (C=O) groups excluding carboxylic acids is 1. The van der Waals surface area contributed by atoms with E-state index in [9.17, 15) is 4.79 Å². The molecule has 2 N–H and O–H groups in total. The van der Waals surface area contributed by atoms with Crippen LogP contribution in [0.5, 0.6) is 0 Å². The van der Waals surface area contributed by atoms with Gasteiger partial charge < -0.3 is 10.7 Å². The lowest BCUT2D eigenvalue weighted by Gasteiger charge is -2.20. The van der Waals surface area contributed by atoms with Gasteiger partial charge in [0.05, 0.1) is 0 Å². The zero-order valence-corrected chi connectivity index (χ0v) is 15.8. The Hall–Kier alpha value is -2.80. The minimum atomic E-state index is -0.441. The van der Waals surface area contributed by atoms with Crippen molar-refractivity contribution in [2.75, 3.05) is 19.9 Å². The van der Waals surface area contributed by atoms with Crippen molar-refractivity contribution < 1.29 is 4.79 Å². The van der Waals surface area contributed by atoms with Crippen LogP contribution in [0.1, 0.15) is 16.4 Å². The Morgan fingerprint density at radius 1 is 1.08 bits per heavy atom. The SMILES string of the molecule is Cc1ccc(-c2nnc(S[C@H](C(=O)N(C)C)c3ccccc3)n2N)cc1. The number of thioether (sulfide) groups is 1. The fourth-order valence-corrected chi connectivity index (χ4v) is 3.59. The van der Waals surface area contributed by atoms with Gasteiger partial charge in [0.25, 0.3) is 0 Å². The van der Waals surface area contributed by atoms with Crippen molar-refractivity contribution in [2.45, 2.75) is 17.3 Å². The highest BCUT2D eigenvalue weighted by molar-refractivity contribution is 8.00. The van der Waals surface area contributed by atoms with Crippen LogP contribution in [0, 0.1) is 6.92 Å². The van der Waals surface area contributed by atoms with Crippen molar-refractivity contribution in [1.82, 2.24) is 19.8 Å². The highest BCUT2D eigenvalue weighted by atomic mass is 32.2. The average molecular weight is 367 g/mol. The molecule has 26 heavy (non-hydrogen) atoms. The summed E-state index contributed by atoms with van der Waals surface area (Å²) in [7, 11) is 3.48. The predicted octanol–water partition coefficient (Wildman–Crippen LogP) is 2.89. The summed E-state index contributed by atoms with van der Waals surface area (Å²) in [5.74, 6) is 6.76. The zero-order valence-electron chi connectivity index (χ0n) is 15.0. The molecule has 0 aliphatic rings. The first-order valence-electron chi connectivity index (χ1n) is 8.17. The van der Waals surface area contributed by atoms with Crippen LogP contribution in [-0.4, -0.2) is 39.8 Å². The van der Waals surface area contributed by atoms with Gasteiger partial charge in [-0.15, -0.1) is 10.2 Å². The second-order valence-electron chi connectivity index (χ2n) is 6.18. The number of nitrogen functional groups attached to an aromatic ring is 1. The largest absolute Gasteiger partial charge is 0.348 e. The van der Waals surface area contributed by atoms with Crippen LogP contribution in [0.15, 0.2) is 59.8 Å². The topological polar surface area (TPSA) is 77.0 Å². The van der Waals surface area contributed by atoms with Gasteiger partial charge in [0, 0.05) is 19.7 Å². The first-order chi connectivity index (χ1) is 12.5. The third-order valence-corrected chi connectivity index (χ3v) is 5.16. The first kappa shape index (κ1) is 18.0. The van der Waals surface area contributed by atoms with Crippen molar-refractivity contribution in [3.8, 4) is 11.4 Å². The highest BCUT2D eigenvalue weighted by Gasteiger charge is 2.26. The molecule has 7 heteroatoms. The normalized spacial score (nSPS) is 12.0. The maximum atomic E-state index is 12.7. The molecule has 0 fully saturated rings. The Bertz CT molecular complexity index is 890. The van der Waals surface area contributed by atoms with Gasteiger partial charge in [-0.3, -0.25) is 4.79 Å². The van der Waals surface area contributed by atoms with Crippen molar-refractivity contribution in [3.63, 3.8) is 0 Å². The van der Waals surface area contributed by atoms with E-state index in [1.165, 1.54) is 16.4 Å². The van der Waals surface area contributed by atoms with Crippen molar-refractivity contribution in [1.29, 1.82) is 0 Å². The molecule has 1 aromatic heterocycles. The number of benzene rings is 2. The number of nitrogens with zero attached hydrogens (tertiary/aromatic N) is 4. The number of rotatable bonds is 5. The fraction of sp³-hybridized carbons (Fsp3) is 0.211. The van der Waals surface area contributed by atoms with E-state index < -0.39 is 5.25 Å². The van der Waals surface area contributed by atoms with Crippen LogP contribution in [0.2, 0.25) is 0 Å². The molecule has 0 spiro atoms. The molecular weight excluding hydrogens is 346 g/mol. The van der Waals surface area contributed by atoms with E-state index in [0.29, 0.717) is 11.0 Å². The average Bonchev–Trinajstić information content (AvgIpc) is 3.01. The number of aryl methyl sites for hydroxylation is 1. The number of hydrogen-bond donors (Lipinski definition) is 1. The number of hydrogen-bond acceptors (Lipinski definition) is 5. The predicted molar refractivity (Wildman–Crippen MR) is 104 cm³/mol. The molecule has 3 rings (SSSR count). The van der Waals surface area contributed by atoms with Gasteiger partial charge >= 0.3 is 0 Å². The van der Waals surface area contributed by atoms with Gasteiger partial charge in [-0.05, 0) is 12.5 Å². The molecule has 0 radical (unpaired) electrons. The Kier molecular flexibility index (Phi) is 5.27. The van der Waals surface area contributed by atoms with Crippen molar-refractivity contribution >= 4 is 17.7 Å². The Balaban J connectivity index is 1.93. The summed E-state index contributed by atoms with van der Waals surface area (Å²) in [6.45, 7) is 2.02. The smallest absolute Gasteiger partial charge is 0.240 e. The van der Waals surface area contributed by atoms with Crippen molar-refractivity contribution in [3.05, 3.63) is 65.7 Å². The van der Waals surface area contributed by atoms with Gasteiger partial charge in [0.2, 0.25) is 11.1 Å². The van der Waals surface area contributed by atoms with Crippen LogP contribution in [0.4, 0.5) is 0 Å². The number of amides is 1. The van der Waals surface area contributed by atoms with E-state index in [0.717, 1.165) is 16.7 Å². The summed E-state index contributed by atoms with van der Waals surface area (Å²) in [5.41, 5.74) is 2.94. The number of aromatic nitrogens is 3. The van der Waals surface area contributed by atoms with Crippen LogP contribution in [0.3, 0.4) is 0 Å². The zero-order chi connectivity index (χ0) is 18.7. The Labute approximate surface area is 157 Å². The molecular formula is C19H21N5OS. The highest BCUT2D eigenvalue weighted by Crippen LogP contribution is 2.36. The minimum absolute atomic E-state index is 0.0268. The van der Waals surface area contributed by atoms with Crippen LogP contribution >= 0.6 is 11.8 Å². The van der Waals surface area contributed by atoms with Gasteiger partial charge in [-0.2, -0.15) is 0 Å². The maximum Gasteiger partial charge on any atom is 0.240 e. The van der Waals surface area contributed by atoms with E-state index in [4.69, 9.17) is 5.84 Å². The Morgan fingerprint density at radius 3 is 2.35 bits per heavy atom. The van der Waals surface area contributed by atoms with E-state index >= 15 is 0 Å². The third-order valence-electron chi connectivity index (χ3n) is 3.96. The van der Waals surface area contributed by atoms with E-state index in [2.05, 4.69) is 10.2 Å². The van der Waals surface area contributed by atoms with E-state index in [1.807, 2.05) is 61.5 Å². The second-order valence-corrected chi connectivity index (χ2v) is 7.26. The van der Waals surface area contributed by atoms with E-state index in [1.54, 1.807) is 19.0 Å². The van der Waals surface area contributed by atoms with Crippen LogP contribution in [-0.2, 0) is 4.79 Å². The molecule has 0 aliphatic heterocycles. The Morgan fingerprint density at radius 2 is 1.73 bits per heavy atom. The lowest BCUT2D eigenvalue weighted by Crippen LogP contribution is -2.27. The summed E-state index contributed by atoms with van der Waals surface area (Å²) >= 11 is 1.30. The molecule has 2 aromatic carbocycles. The molecule has 1 heterocycles. The number of likely N-dealkylation sites (N-methyl/N-ethyl adjacent to an activating group) is 1. The summed E-state index contributed by atoms with van der Waals surface area (Å²) in [4.78, 5) is 14.3. The molecule has 134 valence electrons. The number of carbonyl (C=O) groups is 1. The lowest BCUT2D eigenvalue weighted by molar-refractivity contribution is -0.128. The molecule has 6 nitrogen and oxygen atoms in total. The summed E-state index contributed by atoms with van der Waals surface area (Å²) in [6, 6.07) is 17.5. The molecule has 1 atom stereocenters. The molecule has 3 aromatic rings. The van der Waals surface area contributed by atoms with Crippen LogP contribution in [0.25, 0.3) is 11.4 Å². The summed E-state index contributed by atoms with van der Waals surface area (Å²) < 4.78 is 1.44. The molecule has 0 aliphatic carbocycles. The fourth-order valence-electron chi connectivity index (χ4n) is 2.49. The van der Waals surface area contributed by atoms with Crippen molar-refractivity contribution in [2.24, 2.45) is 0 Å². The third kappa shape index (κ3) is 3.72. The first-order valence-corrected chi connectivity index (χ1v) is 9.05. The van der Waals surface area contributed by atoms with Gasteiger partial charge in [-0.25, -0.2) is 4.68 Å². The molecule has 1 amide bonds. The van der Waals surface area contributed by atoms with Gasteiger partial charge in [0.15, 0.2) is 5.82 Å². The number of nitrogens with two attached hydrogens (primary N) is 1. The molecule has 0 saturated heterocycles. The van der Waals surface area contributed by atoms with Gasteiger partial charge in [-0.1, -0.05) is 71.9 Å². The second kappa shape index (κ2) is 7.61. The molecule has 0 saturated carbocycles. The van der Waals surface area contributed by atoms with Gasteiger partial charge in [0.1, 0.15) is 5.25 Å². The minimum Gasteiger partial charge on any atom is -0.348 e. The standard InChI is InChI=1S/C19H21N5OS/c1-13-9-11-15(12-10-13)17-21-22-19(24(17)20)26-16(18(25)23(2)3)14-7-5-4-6-8-14/h4-12,16H,20H2,1-3H3/t16-/m0/s1. The van der Waals surface area contributed by atoms with Crippen LogP contribution < -0.4 is 5.84 Å². The quantitative estimate of drug-likeness (QED) is 0.554. The maximum absolute atomic E-state index is 12.7. The van der Waals surface area contributed by atoms with E-state index in [-0.39, 0.29) is 5.91 Å². The summed E-state index contributed by atoms with van der Waals surface area (Å²) in [5, 5.41) is 8.46. The molecule has 0 unspecified atom stereocenters. The summed E-state index contributed by atoms with van der Waals surface area (Å²) in [6.07, 6.45) is 0. The monoisotopic (exact) mass is 367 g/mol. The molecule has 0 bridgehead atoms. The lowest BCUT2D eigenvalue weighted by atomic mass is 10.1.